The first kappa shape index (κ1) is 28.5. The number of thiazole rings is 1. The lowest BCUT2D eigenvalue weighted by atomic mass is 9.96. The van der Waals surface area contributed by atoms with Gasteiger partial charge in [-0.15, -0.1) is 0 Å². The molecular weight excluding hydrogens is 558 g/mol. The van der Waals surface area contributed by atoms with Gasteiger partial charge in [-0.2, -0.15) is 0 Å². The monoisotopic (exact) mass is 585 g/mol. The van der Waals surface area contributed by atoms with Crippen molar-refractivity contribution in [3.8, 4) is 11.5 Å². The first-order chi connectivity index (χ1) is 20.3. The van der Waals surface area contributed by atoms with Crippen LogP contribution in [-0.4, -0.2) is 29.2 Å². The normalized spacial score (nSPS) is 14.6. The van der Waals surface area contributed by atoms with Gasteiger partial charge >= 0.3 is 5.97 Å². The Morgan fingerprint density at radius 2 is 1.83 bits per heavy atom. The lowest BCUT2D eigenvalue weighted by molar-refractivity contribution is -0.384. The van der Waals surface area contributed by atoms with E-state index in [1.54, 1.807) is 50.3 Å². The molecular formula is C31H27N3O7S. The summed E-state index contributed by atoms with van der Waals surface area (Å²) < 4.78 is 18.9. The number of allylic oxidation sites excluding steroid dienone is 1. The largest absolute Gasteiger partial charge is 0.493 e. The maximum Gasteiger partial charge on any atom is 0.338 e. The summed E-state index contributed by atoms with van der Waals surface area (Å²) in [7, 11) is 1.52. The Hall–Kier alpha value is -5.03. The van der Waals surface area contributed by atoms with E-state index in [9.17, 15) is 19.7 Å². The SMILES string of the molecule is CCOC(=O)C1=C(C)N=c2s/c(=C/c3cccc(OC)c3OCc3ccc([N+](=O)[O-])cc3)c(=O)n2[C@H]1c1ccccc1. The molecule has 42 heavy (non-hydrogen) atoms. The second-order valence-electron chi connectivity index (χ2n) is 9.30. The molecule has 1 aromatic heterocycles. The Morgan fingerprint density at radius 3 is 2.50 bits per heavy atom. The van der Waals surface area contributed by atoms with E-state index in [0.29, 0.717) is 37.7 Å². The van der Waals surface area contributed by atoms with Crippen LogP contribution >= 0.6 is 11.3 Å². The average Bonchev–Trinajstić information content (AvgIpc) is 3.30. The molecule has 0 fully saturated rings. The highest BCUT2D eigenvalue weighted by Crippen LogP contribution is 2.33. The van der Waals surface area contributed by atoms with E-state index in [1.165, 1.54) is 35.1 Å². The number of carbonyl (C=O) groups excluding carboxylic acids is 1. The van der Waals surface area contributed by atoms with Crippen LogP contribution in [0, 0.1) is 10.1 Å². The number of fused-ring (bicyclic) bond motifs is 1. The minimum absolute atomic E-state index is 0.0118. The van der Waals surface area contributed by atoms with Crippen molar-refractivity contribution >= 4 is 29.1 Å². The zero-order valence-corrected chi connectivity index (χ0v) is 23.9. The molecule has 0 aliphatic carbocycles. The highest BCUT2D eigenvalue weighted by molar-refractivity contribution is 7.07. The third-order valence-electron chi connectivity index (χ3n) is 6.68. The first-order valence-corrected chi connectivity index (χ1v) is 13.9. The molecule has 3 aromatic carbocycles. The third kappa shape index (κ3) is 5.59. The maximum atomic E-state index is 13.9. The Bertz CT molecular complexity index is 1860. The Morgan fingerprint density at radius 1 is 1.10 bits per heavy atom. The van der Waals surface area contributed by atoms with E-state index < -0.39 is 16.9 Å². The zero-order valence-electron chi connectivity index (χ0n) is 23.1. The van der Waals surface area contributed by atoms with Crippen molar-refractivity contribution < 1.29 is 23.9 Å². The van der Waals surface area contributed by atoms with Crippen molar-refractivity contribution in [2.45, 2.75) is 26.5 Å². The van der Waals surface area contributed by atoms with E-state index in [1.807, 2.05) is 30.3 Å². The molecule has 0 saturated heterocycles. The quantitative estimate of drug-likeness (QED) is 0.163. The Kier molecular flexibility index (Phi) is 8.30. The first-order valence-electron chi connectivity index (χ1n) is 13.1. The number of benzene rings is 3. The van der Waals surface area contributed by atoms with Crippen molar-refractivity contribution in [2.24, 2.45) is 4.99 Å². The van der Waals surface area contributed by atoms with Crippen molar-refractivity contribution in [2.75, 3.05) is 13.7 Å². The van der Waals surface area contributed by atoms with E-state index in [0.717, 1.165) is 11.1 Å². The Balaban J connectivity index is 1.59. The van der Waals surface area contributed by atoms with Crippen LogP contribution in [0.15, 0.2) is 93.9 Å². The third-order valence-corrected chi connectivity index (χ3v) is 7.66. The van der Waals surface area contributed by atoms with Crippen LogP contribution in [-0.2, 0) is 16.1 Å². The summed E-state index contributed by atoms with van der Waals surface area (Å²) in [5.41, 5.74) is 2.56. The molecule has 0 bridgehead atoms. The predicted molar refractivity (Wildman–Crippen MR) is 157 cm³/mol. The number of hydrogen-bond acceptors (Lipinski definition) is 9. The highest BCUT2D eigenvalue weighted by Gasteiger charge is 2.33. The molecule has 4 aromatic rings. The van der Waals surface area contributed by atoms with Gasteiger partial charge in [-0.25, -0.2) is 9.79 Å². The van der Waals surface area contributed by atoms with Gasteiger partial charge in [0.15, 0.2) is 16.3 Å². The molecule has 0 N–H and O–H groups in total. The van der Waals surface area contributed by atoms with Gasteiger partial charge < -0.3 is 14.2 Å². The molecule has 1 atom stereocenters. The number of para-hydroxylation sites is 1. The molecule has 1 aliphatic rings. The summed E-state index contributed by atoms with van der Waals surface area (Å²) in [6, 6.07) is 20.0. The second kappa shape index (κ2) is 12.2. The minimum Gasteiger partial charge on any atom is -0.493 e. The highest BCUT2D eigenvalue weighted by atomic mass is 32.1. The van der Waals surface area contributed by atoms with Gasteiger partial charge in [0.25, 0.3) is 11.2 Å². The van der Waals surface area contributed by atoms with E-state index in [-0.39, 0.29) is 24.5 Å². The number of carbonyl (C=O) groups is 1. The number of nitro benzene ring substituents is 1. The van der Waals surface area contributed by atoms with E-state index in [4.69, 9.17) is 14.2 Å². The summed E-state index contributed by atoms with van der Waals surface area (Å²) in [5, 5.41) is 11.0. The molecule has 0 amide bonds. The number of nitro groups is 1. The van der Waals surface area contributed by atoms with Crippen LogP contribution in [0.3, 0.4) is 0 Å². The molecule has 0 unspecified atom stereocenters. The number of esters is 1. The molecule has 0 radical (unpaired) electrons. The fraction of sp³-hybridized carbons (Fsp3) is 0.194. The number of hydrogen-bond donors (Lipinski definition) is 0. The lowest BCUT2D eigenvalue weighted by Crippen LogP contribution is -2.39. The van der Waals surface area contributed by atoms with Gasteiger partial charge in [0.2, 0.25) is 0 Å². The minimum atomic E-state index is -0.702. The summed E-state index contributed by atoms with van der Waals surface area (Å²) in [6.07, 6.45) is 1.71. The lowest BCUT2D eigenvalue weighted by Gasteiger charge is -2.24. The molecule has 0 saturated carbocycles. The molecule has 0 spiro atoms. The zero-order chi connectivity index (χ0) is 29.8. The fourth-order valence-electron chi connectivity index (χ4n) is 4.71. The number of nitrogens with zero attached hydrogens (tertiary/aromatic N) is 3. The summed E-state index contributed by atoms with van der Waals surface area (Å²) in [6.45, 7) is 3.79. The van der Waals surface area contributed by atoms with Gasteiger partial charge in [0.1, 0.15) is 6.61 Å². The van der Waals surface area contributed by atoms with Gasteiger partial charge in [-0.3, -0.25) is 19.5 Å². The molecule has 11 heteroatoms. The topological polar surface area (TPSA) is 122 Å². The van der Waals surface area contributed by atoms with Crippen LogP contribution in [0.5, 0.6) is 11.5 Å². The van der Waals surface area contributed by atoms with Gasteiger partial charge in [-0.05, 0) is 49.2 Å². The number of ether oxygens (including phenoxy) is 3. The van der Waals surface area contributed by atoms with Crippen LogP contribution in [0.2, 0.25) is 0 Å². The van der Waals surface area contributed by atoms with Crippen molar-refractivity contribution in [1.29, 1.82) is 0 Å². The fourth-order valence-corrected chi connectivity index (χ4v) is 5.75. The van der Waals surface area contributed by atoms with Crippen molar-refractivity contribution in [3.63, 3.8) is 0 Å². The summed E-state index contributed by atoms with van der Waals surface area (Å²) in [4.78, 5) is 42.6. The van der Waals surface area contributed by atoms with Crippen LogP contribution < -0.4 is 24.4 Å². The van der Waals surface area contributed by atoms with Gasteiger partial charge in [-0.1, -0.05) is 53.8 Å². The number of non-ortho nitro benzene ring substituents is 1. The van der Waals surface area contributed by atoms with Crippen molar-refractivity contribution in [3.05, 3.63) is 131 Å². The Labute approximate surface area is 244 Å². The molecule has 10 nitrogen and oxygen atoms in total. The predicted octanol–water partition coefficient (Wildman–Crippen LogP) is 4.29. The average molecular weight is 586 g/mol. The summed E-state index contributed by atoms with van der Waals surface area (Å²) >= 11 is 1.21. The molecule has 2 heterocycles. The maximum absolute atomic E-state index is 13.9. The van der Waals surface area contributed by atoms with Crippen LogP contribution in [0.1, 0.15) is 36.6 Å². The standard InChI is InChI=1S/C31H27N3O7S/c1-4-40-30(36)26-19(2)32-31-33(27(26)21-9-6-5-7-10-21)29(35)25(42-31)17-22-11-8-12-24(39-3)28(22)41-18-20-13-15-23(16-14-20)34(37)38/h5-17,27H,4,18H2,1-3H3/b25-17+/t27-/m0/s1. The summed E-state index contributed by atoms with van der Waals surface area (Å²) in [5.74, 6) is 0.352. The van der Waals surface area contributed by atoms with Gasteiger partial charge in [0.05, 0.1) is 40.5 Å². The number of methoxy groups -OCH3 is 1. The van der Waals surface area contributed by atoms with Crippen molar-refractivity contribution in [1.82, 2.24) is 4.57 Å². The van der Waals surface area contributed by atoms with Gasteiger partial charge in [0, 0.05) is 17.7 Å². The second-order valence-corrected chi connectivity index (χ2v) is 10.3. The molecule has 5 rings (SSSR count). The number of aromatic nitrogens is 1. The van der Waals surface area contributed by atoms with E-state index in [2.05, 4.69) is 4.99 Å². The molecule has 214 valence electrons. The van der Waals surface area contributed by atoms with E-state index >= 15 is 0 Å². The smallest absolute Gasteiger partial charge is 0.338 e. The van der Waals surface area contributed by atoms with Crippen LogP contribution in [0.4, 0.5) is 5.69 Å². The molecule has 1 aliphatic heterocycles. The number of rotatable bonds is 9. The van der Waals surface area contributed by atoms with Crippen LogP contribution in [0.25, 0.3) is 6.08 Å².